The maximum absolute atomic E-state index is 12.8. The van der Waals surface area contributed by atoms with E-state index in [9.17, 15) is 4.79 Å². The van der Waals surface area contributed by atoms with Crippen LogP contribution in [0, 0.1) is 6.92 Å². The first kappa shape index (κ1) is 16.6. The number of carbonyl (C=O) groups is 1. The predicted octanol–water partition coefficient (Wildman–Crippen LogP) is 2.11. The van der Waals surface area contributed by atoms with E-state index in [-0.39, 0.29) is 5.91 Å². The first-order valence-electron chi connectivity index (χ1n) is 7.85. The summed E-state index contributed by atoms with van der Waals surface area (Å²) in [7, 11) is 1.61. The van der Waals surface area contributed by atoms with Gasteiger partial charge in [0.15, 0.2) is 0 Å². The van der Waals surface area contributed by atoms with Crippen molar-refractivity contribution in [3.8, 4) is 5.75 Å². The number of nitrogens with one attached hydrogen (secondary N) is 1. The number of amides is 1. The minimum Gasteiger partial charge on any atom is -0.497 e. The Kier molecular flexibility index (Phi) is 5.03. The SMILES string of the molecule is COc1ccc(C[C@@H](C(=O)Nc2ccc(C)cc2)c2nnn[n-]2)cc1. The molecule has 25 heavy (non-hydrogen) atoms. The number of nitrogens with zero attached hydrogens (tertiary/aromatic N) is 4. The van der Waals surface area contributed by atoms with Gasteiger partial charge in [-0.2, -0.15) is 5.21 Å². The van der Waals surface area contributed by atoms with Gasteiger partial charge in [-0.15, -0.1) is 0 Å². The Balaban J connectivity index is 1.79. The standard InChI is InChI=1S/C18H19N5O2/c1-12-3-7-14(8-4-12)19-18(24)16(17-20-22-23-21-17)11-13-5-9-15(25-2)10-6-13/h3-10,16H,11H2,1-2H3,(H2,19,20,21,22,23,24)/p-1/t16-/m1/s1. The summed E-state index contributed by atoms with van der Waals surface area (Å²) in [6.45, 7) is 1.99. The molecule has 3 rings (SSSR count). The number of anilines is 1. The van der Waals surface area contributed by atoms with Gasteiger partial charge in [0.2, 0.25) is 5.91 Å². The molecule has 7 nitrogen and oxygen atoms in total. The summed E-state index contributed by atoms with van der Waals surface area (Å²) in [6.07, 6.45) is 0.440. The highest BCUT2D eigenvalue weighted by Gasteiger charge is 2.21. The molecule has 0 bridgehead atoms. The third-order valence-electron chi connectivity index (χ3n) is 3.88. The fourth-order valence-corrected chi connectivity index (χ4v) is 2.46. The molecule has 2 aromatic carbocycles. The highest BCUT2D eigenvalue weighted by atomic mass is 16.5. The number of aromatic nitrogens is 4. The van der Waals surface area contributed by atoms with Crippen molar-refractivity contribution in [1.29, 1.82) is 0 Å². The van der Waals surface area contributed by atoms with Crippen molar-refractivity contribution in [3.05, 3.63) is 65.5 Å². The number of tetrazole rings is 1. The molecule has 0 saturated carbocycles. The molecule has 0 aliphatic heterocycles. The summed E-state index contributed by atoms with van der Waals surface area (Å²) in [5.74, 6) is 0.289. The van der Waals surface area contributed by atoms with Crippen molar-refractivity contribution < 1.29 is 9.53 Å². The highest BCUT2D eigenvalue weighted by Crippen LogP contribution is 2.21. The van der Waals surface area contributed by atoms with Crippen molar-refractivity contribution in [2.24, 2.45) is 0 Å². The second kappa shape index (κ2) is 7.57. The first-order valence-corrected chi connectivity index (χ1v) is 7.85. The van der Waals surface area contributed by atoms with E-state index in [1.165, 1.54) is 0 Å². The highest BCUT2D eigenvalue weighted by molar-refractivity contribution is 5.95. The van der Waals surface area contributed by atoms with Gasteiger partial charge < -0.3 is 15.2 Å². The van der Waals surface area contributed by atoms with E-state index in [0.29, 0.717) is 12.2 Å². The Bertz CT molecular complexity index is 814. The molecule has 3 aromatic rings. The lowest BCUT2D eigenvalue weighted by molar-refractivity contribution is -0.117. The van der Waals surface area contributed by atoms with Crippen molar-refractivity contribution in [2.45, 2.75) is 19.3 Å². The Morgan fingerprint density at radius 2 is 1.88 bits per heavy atom. The number of carbonyl (C=O) groups excluding carboxylic acids is 1. The number of benzene rings is 2. The van der Waals surface area contributed by atoms with Gasteiger partial charge in [0.1, 0.15) is 5.75 Å². The summed E-state index contributed by atoms with van der Waals surface area (Å²) in [5, 5.41) is 17.6. The Morgan fingerprint density at radius 1 is 1.16 bits per heavy atom. The zero-order valence-corrected chi connectivity index (χ0v) is 14.0. The van der Waals surface area contributed by atoms with E-state index in [1.807, 2.05) is 55.5 Å². The first-order chi connectivity index (χ1) is 12.2. The van der Waals surface area contributed by atoms with Crippen LogP contribution < -0.4 is 15.2 Å². The van der Waals surface area contributed by atoms with Crippen LogP contribution in [0.25, 0.3) is 0 Å². The smallest absolute Gasteiger partial charge is 0.232 e. The van der Waals surface area contributed by atoms with E-state index >= 15 is 0 Å². The predicted molar refractivity (Wildman–Crippen MR) is 92.4 cm³/mol. The molecular formula is C18H18N5O2-. The molecule has 1 amide bonds. The fraction of sp³-hybridized carbons (Fsp3) is 0.222. The lowest BCUT2D eigenvalue weighted by atomic mass is 9.97. The van der Waals surface area contributed by atoms with E-state index < -0.39 is 5.92 Å². The van der Waals surface area contributed by atoms with Gasteiger partial charge in [-0.1, -0.05) is 29.8 Å². The number of rotatable bonds is 6. The minimum atomic E-state index is -0.579. The largest absolute Gasteiger partial charge is 0.497 e. The maximum Gasteiger partial charge on any atom is 0.232 e. The Labute approximate surface area is 145 Å². The second-order valence-electron chi connectivity index (χ2n) is 5.70. The van der Waals surface area contributed by atoms with E-state index in [2.05, 4.69) is 25.9 Å². The summed E-state index contributed by atoms with van der Waals surface area (Å²) in [4.78, 5) is 12.8. The zero-order valence-electron chi connectivity index (χ0n) is 14.0. The van der Waals surface area contributed by atoms with Gasteiger partial charge in [-0.3, -0.25) is 15.1 Å². The molecule has 1 aromatic heterocycles. The number of hydrogen-bond acceptors (Lipinski definition) is 5. The second-order valence-corrected chi connectivity index (χ2v) is 5.70. The zero-order chi connectivity index (χ0) is 17.6. The van der Waals surface area contributed by atoms with E-state index in [0.717, 1.165) is 22.6 Å². The summed E-state index contributed by atoms with van der Waals surface area (Å²) < 4.78 is 5.16. The third kappa shape index (κ3) is 4.20. The molecule has 128 valence electrons. The van der Waals surface area contributed by atoms with Gasteiger partial charge in [0.25, 0.3) is 0 Å². The Morgan fingerprint density at radius 3 is 2.48 bits per heavy atom. The normalized spacial score (nSPS) is 11.8. The number of aryl methyl sites for hydroxylation is 1. The van der Waals surface area contributed by atoms with Gasteiger partial charge in [-0.25, -0.2) is 0 Å². The average Bonchev–Trinajstić information content (AvgIpc) is 3.16. The minimum absolute atomic E-state index is 0.200. The number of methoxy groups -OCH3 is 1. The maximum atomic E-state index is 12.8. The van der Waals surface area contributed by atoms with E-state index in [4.69, 9.17) is 4.74 Å². The van der Waals surface area contributed by atoms with Crippen LogP contribution in [-0.4, -0.2) is 28.5 Å². The van der Waals surface area contributed by atoms with E-state index in [1.54, 1.807) is 7.11 Å². The molecule has 0 fully saturated rings. The van der Waals surface area contributed by atoms with Crippen LogP contribution in [-0.2, 0) is 11.2 Å². The van der Waals surface area contributed by atoms with Gasteiger partial charge in [0, 0.05) is 11.5 Å². The summed E-state index contributed by atoms with van der Waals surface area (Å²) in [6, 6.07) is 15.1. The van der Waals surface area contributed by atoms with Crippen LogP contribution in [0.3, 0.4) is 0 Å². The van der Waals surface area contributed by atoms with Crippen LogP contribution in [0.4, 0.5) is 5.69 Å². The summed E-state index contributed by atoms with van der Waals surface area (Å²) >= 11 is 0. The molecular weight excluding hydrogens is 318 g/mol. The molecule has 1 atom stereocenters. The average molecular weight is 336 g/mol. The molecule has 0 spiro atoms. The van der Waals surface area contributed by atoms with Crippen LogP contribution in [0.5, 0.6) is 5.75 Å². The summed E-state index contributed by atoms with van der Waals surface area (Å²) in [5.41, 5.74) is 2.82. The topological polar surface area (TPSA) is 91.1 Å². The van der Waals surface area contributed by atoms with Crippen LogP contribution >= 0.6 is 0 Å². The van der Waals surface area contributed by atoms with Crippen molar-refractivity contribution in [3.63, 3.8) is 0 Å². The quantitative estimate of drug-likeness (QED) is 0.741. The van der Waals surface area contributed by atoms with Crippen molar-refractivity contribution in [2.75, 3.05) is 12.4 Å². The lowest BCUT2D eigenvalue weighted by Gasteiger charge is -2.17. The molecule has 0 aliphatic carbocycles. The Hall–Kier alpha value is -3.22. The molecule has 7 heteroatoms. The van der Waals surface area contributed by atoms with Crippen molar-refractivity contribution >= 4 is 11.6 Å². The van der Waals surface area contributed by atoms with Gasteiger partial charge >= 0.3 is 0 Å². The number of ether oxygens (including phenoxy) is 1. The monoisotopic (exact) mass is 336 g/mol. The van der Waals surface area contributed by atoms with Crippen LogP contribution in [0.15, 0.2) is 48.5 Å². The van der Waals surface area contributed by atoms with Crippen molar-refractivity contribution in [1.82, 2.24) is 20.6 Å². The molecule has 0 radical (unpaired) electrons. The van der Waals surface area contributed by atoms with Gasteiger partial charge in [0.05, 0.1) is 13.0 Å². The third-order valence-corrected chi connectivity index (χ3v) is 3.88. The fourth-order valence-electron chi connectivity index (χ4n) is 2.46. The molecule has 0 aliphatic rings. The van der Waals surface area contributed by atoms with Crippen LogP contribution in [0.2, 0.25) is 0 Å². The molecule has 1 heterocycles. The molecule has 0 saturated heterocycles. The van der Waals surface area contributed by atoms with Gasteiger partial charge in [-0.05, 0) is 43.2 Å². The molecule has 0 unspecified atom stereocenters. The number of hydrogen-bond donors (Lipinski definition) is 1. The van der Waals surface area contributed by atoms with Crippen LogP contribution in [0.1, 0.15) is 22.9 Å². The molecule has 1 N–H and O–H groups in total. The lowest BCUT2D eigenvalue weighted by Crippen LogP contribution is -2.24.